The summed E-state index contributed by atoms with van der Waals surface area (Å²) in [5, 5.41) is 7.60. The first kappa shape index (κ1) is 17.0. The zero-order valence-electron chi connectivity index (χ0n) is 14.1. The third kappa shape index (κ3) is 4.08. The second kappa shape index (κ2) is 7.74. The number of nitrogens with one attached hydrogen (secondary N) is 1. The normalized spacial score (nSPS) is 21.5. The molecule has 1 aliphatic rings. The Morgan fingerprint density at radius 2 is 2.32 bits per heavy atom. The number of carbonyl (C=O) groups is 1. The number of carbonyl (C=O) groups excluding carboxylic acids is 1. The van der Waals surface area contributed by atoms with Gasteiger partial charge in [-0.2, -0.15) is 5.10 Å². The fourth-order valence-corrected chi connectivity index (χ4v) is 3.09. The average Bonchev–Trinajstić information content (AvgIpc) is 3.10. The van der Waals surface area contributed by atoms with Crippen molar-refractivity contribution in [2.45, 2.75) is 19.8 Å². The maximum Gasteiger partial charge on any atom is 0.227 e. The molecule has 1 N–H and O–H groups in total. The minimum absolute atomic E-state index is 0.0141. The van der Waals surface area contributed by atoms with Crippen molar-refractivity contribution in [2.24, 2.45) is 18.9 Å². The van der Waals surface area contributed by atoms with Gasteiger partial charge in [0.1, 0.15) is 0 Å². The lowest BCUT2D eigenvalue weighted by molar-refractivity contribution is -0.136. The molecule has 1 amide bonds. The molecule has 22 heavy (non-hydrogen) atoms. The van der Waals surface area contributed by atoms with E-state index in [4.69, 9.17) is 4.74 Å². The highest BCUT2D eigenvalue weighted by Gasteiger charge is 2.37. The number of hydrogen-bond donors (Lipinski definition) is 1. The molecule has 0 aromatic carbocycles. The van der Waals surface area contributed by atoms with Gasteiger partial charge >= 0.3 is 0 Å². The predicted octanol–water partition coefficient (Wildman–Crippen LogP) is 0.854. The van der Waals surface area contributed by atoms with Gasteiger partial charge in [-0.25, -0.2) is 0 Å². The van der Waals surface area contributed by atoms with E-state index in [1.54, 1.807) is 11.8 Å². The number of amides is 1. The fourth-order valence-electron chi connectivity index (χ4n) is 3.09. The second-order valence-electron chi connectivity index (χ2n) is 6.49. The summed E-state index contributed by atoms with van der Waals surface area (Å²) in [6, 6.07) is 0. The highest BCUT2D eigenvalue weighted by molar-refractivity contribution is 5.80. The van der Waals surface area contributed by atoms with Crippen molar-refractivity contribution >= 4 is 5.91 Å². The number of ether oxygens (including phenoxy) is 1. The van der Waals surface area contributed by atoms with Gasteiger partial charge in [-0.15, -0.1) is 0 Å². The SMILES string of the molecule is COCCN(CC(C)C)C(=O)[C@H]1CNC[C@@H]1c1cnn(C)c1. The van der Waals surface area contributed by atoms with Crippen molar-refractivity contribution in [3.63, 3.8) is 0 Å². The largest absolute Gasteiger partial charge is 0.383 e. The van der Waals surface area contributed by atoms with Crippen LogP contribution in [0.15, 0.2) is 12.4 Å². The zero-order valence-corrected chi connectivity index (χ0v) is 14.1. The summed E-state index contributed by atoms with van der Waals surface area (Å²) in [4.78, 5) is 14.9. The quantitative estimate of drug-likeness (QED) is 0.811. The van der Waals surface area contributed by atoms with E-state index in [-0.39, 0.29) is 17.7 Å². The summed E-state index contributed by atoms with van der Waals surface area (Å²) in [6.07, 6.45) is 3.89. The third-order valence-corrected chi connectivity index (χ3v) is 4.15. The van der Waals surface area contributed by atoms with Gasteiger partial charge in [-0.1, -0.05) is 13.8 Å². The Balaban J connectivity index is 2.10. The average molecular weight is 308 g/mol. The number of aromatic nitrogens is 2. The highest BCUT2D eigenvalue weighted by Crippen LogP contribution is 2.29. The van der Waals surface area contributed by atoms with Crippen LogP contribution in [0.4, 0.5) is 0 Å². The lowest BCUT2D eigenvalue weighted by Gasteiger charge is -2.29. The molecule has 0 bridgehead atoms. The van der Waals surface area contributed by atoms with E-state index in [0.29, 0.717) is 19.1 Å². The molecule has 2 atom stereocenters. The molecule has 2 rings (SSSR count). The van der Waals surface area contributed by atoms with Gasteiger partial charge in [0.15, 0.2) is 0 Å². The van der Waals surface area contributed by atoms with E-state index in [9.17, 15) is 4.79 Å². The molecule has 0 unspecified atom stereocenters. The lowest BCUT2D eigenvalue weighted by Crippen LogP contribution is -2.42. The first-order chi connectivity index (χ1) is 10.5. The van der Waals surface area contributed by atoms with Crippen molar-refractivity contribution in [3.8, 4) is 0 Å². The Bertz CT molecular complexity index is 486. The fraction of sp³-hybridized carbons (Fsp3) is 0.750. The first-order valence-electron chi connectivity index (χ1n) is 8.00. The summed E-state index contributed by atoms with van der Waals surface area (Å²) in [5.74, 6) is 0.870. The van der Waals surface area contributed by atoms with Crippen LogP contribution >= 0.6 is 0 Å². The third-order valence-electron chi connectivity index (χ3n) is 4.15. The first-order valence-corrected chi connectivity index (χ1v) is 8.00. The van der Waals surface area contributed by atoms with E-state index in [1.807, 2.05) is 24.3 Å². The lowest BCUT2D eigenvalue weighted by atomic mass is 9.89. The van der Waals surface area contributed by atoms with Crippen molar-refractivity contribution in [1.29, 1.82) is 0 Å². The van der Waals surface area contributed by atoms with E-state index >= 15 is 0 Å². The standard InChI is InChI=1S/C16H28N4O2/c1-12(2)10-20(5-6-22-4)16(21)15-9-17-8-14(15)13-7-18-19(3)11-13/h7,11-12,14-15,17H,5-6,8-10H2,1-4H3/t14-,15+/m1/s1. The molecule has 0 spiro atoms. The Labute approximate surface area is 132 Å². The maximum absolute atomic E-state index is 13.0. The summed E-state index contributed by atoms with van der Waals surface area (Å²) >= 11 is 0. The van der Waals surface area contributed by atoms with Gasteiger partial charge in [0.05, 0.1) is 18.7 Å². The summed E-state index contributed by atoms with van der Waals surface area (Å²) in [6.45, 7) is 7.86. The molecule has 0 saturated carbocycles. The Morgan fingerprint density at radius 3 is 2.91 bits per heavy atom. The Morgan fingerprint density at radius 1 is 1.55 bits per heavy atom. The second-order valence-corrected chi connectivity index (χ2v) is 6.49. The molecular formula is C16H28N4O2. The summed E-state index contributed by atoms with van der Waals surface area (Å²) in [5.41, 5.74) is 1.14. The van der Waals surface area contributed by atoms with Crippen molar-refractivity contribution in [2.75, 3.05) is 39.9 Å². The molecule has 1 fully saturated rings. The number of hydrogen-bond acceptors (Lipinski definition) is 4. The van der Waals surface area contributed by atoms with Crippen LogP contribution in [0.3, 0.4) is 0 Å². The molecular weight excluding hydrogens is 280 g/mol. The smallest absolute Gasteiger partial charge is 0.227 e. The zero-order chi connectivity index (χ0) is 16.1. The van der Waals surface area contributed by atoms with Gasteiger partial charge in [0.2, 0.25) is 5.91 Å². The summed E-state index contributed by atoms with van der Waals surface area (Å²) < 4.78 is 6.96. The number of aryl methyl sites for hydroxylation is 1. The molecule has 6 nitrogen and oxygen atoms in total. The topological polar surface area (TPSA) is 59.4 Å². The van der Waals surface area contributed by atoms with Crippen molar-refractivity contribution in [3.05, 3.63) is 18.0 Å². The molecule has 1 aromatic heterocycles. The molecule has 0 radical (unpaired) electrons. The van der Waals surface area contributed by atoms with Crippen LogP contribution in [-0.2, 0) is 16.6 Å². The van der Waals surface area contributed by atoms with Crippen molar-refractivity contribution < 1.29 is 9.53 Å². The Hall–Kier alpha value is -1.40. The molecule has 1 aromatic rings. The number of rotatable bonds is 7. The van der Waals surface area contributed by atoms with E-state index in [1.165, 1.54) is 0 Å². The molecule has 6 heteroatoms. The number of nitrogens with zero attached hydrogens (tertiary/aromatic N) is 3. The van der Waals surface area contributed by atoms with Gasteiger partial charge in [0, 0.05) is 52.5 Å². The van der Waals surface area contributed by atoms with Crippen LogP contribution in [-0.4, -0.2) is 60.5 Å². The maximum atomic E-state index is 13.0. The van der Waals surface area contributed by atoms with Crippen LogP contribution in [0, 0.1) is 11.8 Å². The molecule has 124 valence electrons. The molecule has 1 saturated heterocycles. The van der Waals surface area contributed by atoms with E-state index in [0.717, 1.165) is 25.2 Å². The minimum Gasteiger partial charge on any atom is -0.383 e. The summed E-state index contributed by atoms with van der Waals surface area (Å²) in [7, 11) is 3.58. The van der Waals surface area contributed by atoms with Crippen LogP contribution in [0.2, 0.25) is 0 Å². The highest BCUT2D eigenvalue weighted by atomic mass is 16.5. The molecule has 1 aliphatic heterocycles. The predicted molar refractivity (Wildman–Crippen MR) is 85.6 cm³/mol. The monoisotopic (exact) mass is 308 g/mol. The van der Waals surface area contributed by atoms with Gasteiger partial charge in [-0.05, 0) is 11.5 Å². The van der Waals surface area contributed by atoms with Crippen LogP contribution in [0.5, 0.6) is 0 Å². The Kier molecular flexibility index (Phi) is 5.97. The van der Waals surface area contributed by atoms with Gasteiger partial charge in [-0.3, -0.25) is 9.48 Å². The van der Waals surface area contributed by atoms with Crippen molar-refractivity contribution in [1.82, 2.24) is 20.0 Å². The number of methoxy groups -OCH3 is 1. The van der Waals surface area contributed by atoms with Gasteiger partial charge < -0.3 is 15.0 Å². The van der Waals surface area contributed by atoms with Gasteiger partial charge in [0.25, 0.3) is 0 Å². The van der Waals surface area contributed by atoms with Crippen LogP contribution in [0.1, 0.15) is 25.3 Å². The van der Waals surface area contributed by atoms with E-state index < -0.39 is 0 Å². The van der Waals surface area contributed by atoms with E-state index in [2.05, 4.69) is 24.3 Å². The molecule has 0 aliphatic carbocycles. The van der Waals surface area contributed by atoms with Crippen LogP contribution in [0.25, 0.3) is 0 Å². The molecule has 2 heterocycles. The van der Waals surface area contributed by atoms with Crippen LogP contribution < -0.4 is 5.32 Å². The minimum atomic E-state index is -0.0141.